The number of nitrogens with one attached hydrogen (secondary N) is 3. The smallest absolute Gasteiger partial charge is 0.278 e. The topological polar surface area (TPSA) is 640 Å². The zero-order valence-electron chi connectivity index (χ0n) is 75.4. The molecule has 0 aromatic carbocycles. The van der Waals surface area contributed by atoms with Gasteiger partial charge >= 0.3 is 0 Å². The van der Waals surface area contributed by atoms with Crippen LogP contribution < -0.4 is 65.7 Å². The van der Waals surface area contributed by atoms with Gasteiger partial charge in [0.25, 0.3) is 79.2 Å². The summed E-state index contributed by atoms with van der Waals surface area (Å²) in [6, 6.07) is 16.8. The summed E-state index contributed by atoms with van der Waals surface area (Å²) in [6.07, 6.45) is 0. The van der Waals surface area contributed by atoms with Gasteiger partial charge in [-0.2, -0.15) is 42.1 Å². The number of anilines is 9. The fraction of sp³-hybridized carbons (Fsp3) is 0.274. The normalized spacial score (nSPS) is 11.6. The molecule has 0 fully saturated rings. The van der Waals surface area contributed by atoms with Crippen LogP contribution in [0.4, 0.5) is 52.1 Å². The lowest BCUT2D eigenvalue weighted by Crippen LogP contribution is -2.26. The second-order valence-electron chi connectivity index (χ2n) is 27.3. The van der Waals surface area contributed by atoms with Crippen molar-refractivity contribution in [3.63, 3.8) is 0 Å². The van der Waals surface area contributed by atoms with E-state index in [9.17, 15) is 82.7 Å². The molecule has 0 aliphatic rings. The van der Waals surface area contributed by atoms with E-state index in [1.807, 2.05) is 13.8 Å². The molecule has 139 heavy (non-hydrogen) atoms. The van der Waals surface area contributed by atoms with E-state index in [0.29, 0.717) is 78.0 Å². The average Bonchev–Trinajstić information content (AvgIpc) is 1.67. The number of aryl methyl sites for hydroxylation is 7. The third kappa shape index (κ3) is 28.3. The van der Waals surface area contributed by atoms with Crippen LogP contribution in [0.15, 0.2) is 184 Å². The van der Waals surface area contributed by atoms with Gasteiger partial charge in [-0.25, -0.2) is 46.8 Å². The second kappa shape index (κ2) is 47.9. The largest absolute Gasteiger partial charge is 0.506 e. The van der Waals surface area contributed by atoms with E-state index in [1.54, 1.807) is 106 Å². The van der Waals surface area contributed by atoms with E-state index in [-0.39, 0.29) is 103 Å². The lowest BCUT2D eigenvalue weighted by molar-refractivity contribution is 0.398. The van der Waals surface area contributed by atoms with Crippen LogP contribution in [0.1, 0.15) is 54.2 Å². The monoisotopic (exact) mass is 2390 g/mol. The van der Waals surface area contributed by atoms with Gasteiger partial charge in [0.2, 0.25) is 0 Å². The number of hydrogen-bond donors (Lipinski definition) is 7. The van der Waals surface area contributed by atoms with Crippen LogP contribution in [0.25, 0.3) is 0 Å². The van der Waals surface area contributed by atoms with Gasteiger partial charge in [-0.3, -0.25) is 9.44 Å². The highest BCUT2D eigenvalue weighted by Crippen LogP contribution is 2.45. The van der Waals surface area contributed by atoms with Crippen LogP contribution in [0.2, 0.25) is 0 Å². The number of aromatic hydroxyl groups is 3. The summed E-state index contributed by atoms with van der Waals surface area (Å²) in [7, 11) is -11.0. The van der Waals surface area contributed by atoms with E-state index in [2.05, 4.69) is 82.7 Å². The summed E-state index contributed by atoms with van der Waals surface area (Å²) in [5.41, 5.74) is 6.10. The van der Waals surface area contributed by atoms with Crippen molar-refractivity contribution in [1.29, 1.82) is 0 Å². The van der Waals surface area contributed by atoms with Crippen LogP contribution in [0.3, 0.4) is 0 Å². The number of thiophene rings is 8. The van der Waals surface area contributed by atoms with Crippen LogP contribution in [0, 0.1) is 48.5 Å². The van der Waals surface area contributed by atoms with Crippen molar-refractivity contribution in [2.75, 3.05) is 113 Å². The molecule has 15 rings (SSSR count). The Morgan fingerprint density at radius 2 is 0.669 bits per heavy atom. The number of nitrogens with two attached hydrogens (primary N) is 1. The molecule has 15 aromatic heterocycles. The predicted octanol–water partition coefficient (Wildman–Crippen LogP) is 15.8. The number of aromatic nitrogens is 7. The molecule has 0 saturated heterocycles. The molecule has 0 atom stereocenters. The zero-order chi connectivity index (χ0) is 104. The molecule has 0 aliphatic heterocycles. The molecule has 0 spiro atoms. The van der Waals surface area contributed by atoms with Gasteiger partial charge in [0.05, 0.1) is 55.9 Å². The van der Waals surface area contributed by atoms with Crippen molar-refractivity contribution in [3.8, 4) is 46.0 Å². The van der Waals surface area contributed by atoms with Crippen LogP contribution in [0.5, 0.6) is 46.0 Å². The molecule has 0 amide bonds. The zero-order valence-corrected chi connectivity index (χ0v) is 92.4. The maximum Gasteiger partial charge on any atom is 0.278 e. The minimum absolute atomic E-state index is 0.0308. The Hall–Kier alpha value is -10.5. The Morgan fingerprint density at radius 1 is 0.367 bits per heavy atom. The SMILES string of the molecule is COc1c(Br)csc1S(=O)(=O)N(C)c1cc(C)on1.COc1c(NC(C)C)csc1S(=O)(=O)Nc1cc(C)on1.COc1ccsc1S(=O)(=O)Cl.COc1ccsc1S(=O)(=O)N(C)c1cc(C)on1.COc1ccsc1S(=O)(=O)Nc1cc(C)on1.Cc1cc(N(C)S(=O)(=O)c2scc(Br)c2O)no1.Cc1cc(N(C)S(=O)(=O)c2scc(N)c2O)no1.Cc1cc(N(C)S(=O)(=O)c2sccc2O)no1. The van der Waals surface area contributed by atoms with Gasteiger partial charge in [-0.05, 0) is 140 Å². The molecule has 760 valence electrons. The number of sulfonamides is 7. The minimum atomic E-state index is -3.89. The maximum atomic E-state index is 12.5. The van der Waals surface area contributed by atoms with E-state index < -0.39 is 85.0 Å². The fourth-order valence-corrected chi connectivity index (χ4v) is 31.0. The van der Waals surface area contributed by atoms with Crippen LogP contribution in [-0.4, -0.2) is 196 Å². The van der Waals surface area contributed by atoms with Crippen molar-refractivity contribution >= 4 is 265 Å². The molecular formula is C73H85Br2ClN16O31S16. The number of halogens is 3. The van der Waals surface area contributed by atoms with E-state index >= 15 is 0 Å². The lowest BCUT2D eigenvalue weighted by Gasteiger charge is -2.15. The summed E-state index contributed by atoms with van der Waals surface area (Å²) in [5, 5.41) is 70.0. The van der Waals surface area contributed by atoms with Crippen LogP contribution in [-0.2, 0) is 79.2 Å². The Balaban J connectivity index is 0.000000196. The maximum absolute atomic E-state index is 12.5. The summed E-state index contributed by atoms with van der Waals surface area (Å²) >= 11 is 14.4. The molecule has 0 bridgehead atoms. The van der Waals surface area contributed by atoms with Crippen molar-refractivity contribution in [1.82, 2.24) is 36.1 Å². The first-order valence-electron chi connectivity index (χ1n) is 37.7. The first-order valence-corrected chi connectivity index (χ1v) is 58.8. The quantitative estimate of drug-likeness (QED) is 0.0214. The Kier molecular flexibility index (Phi) is 39.2. The molecular weight excluding hydrogens is 2310 g/mol. The third-order valence-corrected chi connectivity index (χ3v) is 43.5. The molecule has 0 saturated carbocycles. The number of ether oxygens (including phenoxy) is 5. The highest BCUT2D eigenvalue weighted by atomic mass is 79.9. The average molecular weight is 2390 g/mol. The molecule has 66 heteroatoms. The van der Waals surface area contributed by atoms with Gasteiger partial charge in [-0.1, -0.05) is 36.1 Å². The number of rotatable bonds is 29. The van der Waals surface area contributed by atoms with Gasteiger partial charge in [0.1, 0.15) is 63.3 Å². The number of methoxy groups -OCH3 is 5. The first kappa shape index (κ1) is 114. The van der Waals surface area contributed by atoms with Gasteiger partial charge in [-0.15, -0.1) is 90.7 Å². The third-order valence-electron chi connectivity index (χ3n) is 16.9. The second-order valence-corrected chi connectivity index (χ2v) is 53.5. The van der Waals surface area contributed by atoms with E-state index in [1.165, 1.54) is 123 Å². The van der Waals surface area contributed by atoms with E-state index in [4.69, 9.17) is 71.8 Å². The molecule has 0 aliphatic carbocycles. The molecule has 0 unspecified atom stereocenters. The summed E-state index contributed by atoms with van der Waals surface area (Å²) in [4.78, 5) is 0. The molecule has 15 aromatic rings. The van der Waals surface area contributed by atoms with Gasteiger partial charge in [0, 0.05) is 116 Å². The summed E-state index contributed by atoms with van der Waals surface area (Å²) < 4.78 is 263. The highest BCUT2D eigenvalue weighted by Gasteiger charge is 2.36. The molecule has 8 N–H and O–H groups in total. The van der Waals surface area contributed by atoms with E-state index in [0.717, 1.165) is 112 Å². The van der Waals surface area contributed by atoms with Crippen molar-refractivity contribution in [2.45, 2.75) is 102 Å². The molecule has 0 radical (unpaired) electrons. The molecule has 15 heterocycles. The lowest BCUT2D eigenvalue weighted by atomic mass is 10.3. The predicted molar refractivity (Wildman–Crippen MR) is 532 cm³/mol. The Labute approximate surface area is 850 Å². The summed E-state index contributed by atoms with van der Waals surface area (Å²) in [6.45, 7) is 15.6. The Morgan fingerprint density at radius 3 is 0.986 bits per heavy atom. The minimum Gasteiger partial charge on any atom is -0.506 e. The highest BCUT2D eigenvalue weighted by molar-refractivity contribution is 9.11. The van der Waals surface area contributed by atoms with Crippen molar-refractivity contribution < 1.29 is 138 Å². The fourth-order valence-electron chi connectivity index (χ4n) is 10.1. The van der Waals surface area contributed by atoms with Crippen LogP contribution >= 0.6 is 133 Å². The van der Waals surface area contributed by atoms with Gasteiger partial charge in [0.15, 0.2) is 97.4 Å². The number of hydrogen-bond acceptors (Lipinski definition) is 48. The standard InChI is InChI=1S/C12H17N3O4S2.C10H11BrN2O4S2.C10H12N2O4S2.C9H9BrN2O4S2.C9H11N3O4S2.2C9H10N2O4S2.C5H5ClO3S2/c1-7(2)13-9-6-20-12(11(9)18-4)21(16,17)15-10-5-8(3)19-14-10;1-6-4-8(12-17-6)13(2)19(14,15)10-9(16-3)7(11)5-18-10;1-7-6-9(11-16-7)12(2)18(13,14)10-8(15-3)4-5-17-10;2*1-5-3-7(11-16-5)12(2)18(14,15)9-8(13)6(10)4-17-9;1-6-5-8(10-15-6)11-17(12,13)9-7(14-2)3-4-16-9;1-6-5-8(10-15-6)11(2)17(13,14)9-7(12)3-4-16-9;1-9-4-2-3-10-5(4)11(6,7)8/h5-7,13H,1-4H3,(H,14,15);4-5H,1-3H3;4-6H,1-3H3;3-4,13H,1-2H3;3-4,13H,10H2,1-2H3;3-5H,1-2H3,(H,10,11);3-5,12H,1-2H3;2-3H,1H3. The number of nitrogens with zero attached hydrogens (tertiary/aromatic N) is 12. The first-order chi connectivity index (χ1) is 64.8. The van der Waals surface area contributed by atoms with Crippen molar-refractivity contribution in [3.05, 3.63) is 159 Å². The summed E-state index contributed by atoms with van der Waals surface area (Å²) in [5.74, 6) is 5.38. The Bertz CT molecular complexity index is 7540. The number of nitrogen functional groups attached to an aromatic ring is 1. The van der Waals surface area contributed by atoms with Gasteiger partial charge < -0.3 is 81.7 Å². The van der Waals surface area contributed by atoms with Crippen molar-refractivity contribution in [2.24, 2.45) is 0 Å². The molecule has 47 nitrogen and oxygen atoms in total.